The van der Waals surface area contributed by atoms with E-state index in [1.54, 1.807) is 0 Å². The Morgan fingerprint density at radius 1 is 1.27 bits per heavy atom. The summed E-state index contributed by atoms with van der Waals surface area (Å²) >= 11 is 1.98. The molecule has 1 aromatic heterocycles. The molecule has 1 aliphatic rings. The van der Waals surface area contributed by atoms with Gasteiger partial charge in [-0.15, -0.1) is 0 Å². The topological polar surface area (TPSA) is 46.0 Å². The van der Waals surface area contributed by atoms with Gasteiger partial charge in [-0.05, 0) is 36.8 Å². The first-order valence-corrected chi connectivity index (χ1v) is 6.50. The van der Waals surface area contributed by atoms with Crippen LogP contribution in [-0.2, 0) is 19.3 Å². The van der Waals surface area contributed by atoms with Crippen LogP contribution in [0.25, 0.3) is 0 Å². The summed E-state index contributed by atoms with van der Waals surface area (Å²) in [6.07, 6.45) is 2.70. The van der Waals surface area contributed by atoms with Gasteiger partial charge >= 0.3 is 0 Å². The molecule has 0 aliphatic carbocycles. The minimum absolute atomic E-state index is 0.132. The summed E-state index contributed by atoms with van der Waals surface area (Å²) in [7, 11) is 0. The van der Waals surface area contributed by atoms with Crippen molar-refractivity contribution in [3.63, 3.8) is 0 Å². The first-order valence-electron chi connectivity index (χ1n) is 5.35. The number of fused-ring (bicyclic) bond motifs is 1. The minimum Gasteiger partial charge on any atom is -0.396 e. The van der Waals surface area contributed by atoms with Crippen molar-refractivity contribution >= 4 is 11.8 Å². The fourth-order valence-electron chi connectivity index (χ4n) is 1.91. The standard InChI is InChI=1S/C11H16N2OS/c1-8-9-3-6-15-7-4-10(9)13-11(12-8)2-5-14/h14H,2-7H2,1H3. The lowest BCUT2D eigenvalue weighted by Crippen LogP contribution is -2.09. The van der Waals surface area contributed by atoms with E-state index >= 15 is 0 Å². The number of rotatable bonds is 2. The first-order chi connectivity index (χ1) is 7.31. The molecule has 0 fully saturated rings. The van der Waals surface area contributed by atoms with Crippen molar-refractivity contribution in [2.75, 3.05) is 18.1 Å². The highest BCUT2D eigenvalue weighted by molar-refractivity contribution is 7.99. The smallest absolute Gasteiger partial charge is 0.131 e. The predicted molar refractivity (Wildman–Crippen MR) is 62.3 cm³/mol. The molecule has 4 heteroatoms. The third-order valence-corrected chi connectivity index (χ3v) is 3.65. The van der Waals surface area contributed by atoms with Crippen LogP contribution in [-0.4, -0.2) is 33.2 Å². The molecule has 0 amide bonds. The Morgan fingerprint density at radius 2 is 2.07 bits per heavy atom. The van der Waals surface area contributed by atoms with Gasteiger partial charge in [-0.25, -0.2) is 9.97 Å². The maximum atomic E-state index is 8.89. The van der Waals surface area contributed by atoms with Crippen LogP contribution in [0.3, 0.4) is 0 Å². The quantitative estimate of drug-likeness (QED) is 0.818. The molecule has 15 heavy (non-hydrogen) atoms. The van der Waals surface area contributed by atoms with Gasteiger partial charge < -0.3 is 5.11 Å². The molecule has 0 spiro atoms. The summed E-state index contributed by atoms with van der Waals surface area (Å²) < 4.78 is 0. The molecule has 2 rings (SSSR count). The second-order valence-electron chi connectivity index (χ2n) is 3.74. The van der Waals surface area contributed by atoms with E-state index in [4.69, 9.17) is 5.11 Å². The molecule has 0 bridgehead atoms. The summed E-state index contributed by atoms with van der Waals surface area (Å²) in [6.45, 7) is 2.18. The van der Waals surface area contributed by atoms with Crippen LogP contribution < -0.4 is 0 Å². The Morgan fingerprint density at radius 3 is 2.87 bits per heavy atom. The molecule has 0 saturated carbocycles. The average Bonchev–Trinajstić information content (AvgIpc) is 2.43. The predicted octanol–water partition coefficient (Wildman–Crippen LogP) is 1.15. The first kappa shape index (κ1) is 10.9. The third kappa shape index (κ3) is 2.49. The van der Waals surface area contributed by atoms with E-state index in [9.17, 15) is 0 Å². The Labute approximate surface area is 94.3 Å². The van der Waals surface area contributed by atoms with Crippen LogP contribution in [0, 0.1) is 6.92 Å². The zero-order valence-corrected chi connectivity index (χ0v) is 9.81. The van der Waals surface area contributed by atoms with Gasteiger partial charge in [0.25, 0.3) is 0 Å². The van der Waals surface area contributed by atoms with Gasteiger partial charge in [0, 0.05) is 17.8 Å². The molecule has 3 nitrogen and oxygen atoms in total. The van der Waals surface area contributed by atoms with Crippen LogP contribution in [0.5, 0.6) is 0 Å². The van der Waals surface area contributed by atoms with Gasteiger partial charge in [0.2, 0.25) is 0 Å². The number of aliphatic hydroxyl groups is 1. The number of hydrogen-bond donors (Lipinski definition) is 1. The number of aliphatic hydroxyl groups excluding tert-OH is 1. The number of hydrogen-bond acceptors (Lipinski definition) is 4. The Kier molecular flexibility index (Phi) is 3.59. The van der Waals surface area contributed by atoms with Crippen LogP contribution in [0.15, 0.2) is 0 Å². The molecule has 1 N–H and O–H groups in total. The Hall–Kier alpha value is -0.610. The zero-order valence-electron chi connectivity index (χ0n) is 8.99. The van der Waals surface area contributed by atoms with E-state index in [0.29, 0.717) is 6.42 Å². The molecular formula is C11H16N2OS. The van der Waals surface area contributed by atoms with E-state index in [-0.39, 0.29) is 6.61 Å². The summed E-state index contributed by atoms with van der Waals surface area (Å²) in [6, 6.07) is 0. The lowest BCUT2D eigenvalue weighted by Gasteiger charge is -2.09. The van der Waals surface area contributed by atoms with Gasteiger partial charge in [-0.1, -0.05) is 0 Å². The van der Waals surface area contributed by atoms with Gasteiger partial charge in [-0.2, -0.15) is 11.8 Å². The molecule has 0 atom stereocenters. The fraction of sp³-hybridized carbons (Fsp3) is 0.636. The maximum Gasteiger partial charge on any atom is 0.131 e. The van der Waals surface area contributed by atoms with Crippen molar-refractivity contribution in [3.05, 3.63) is 22.8 Å². The zero-order chi connectivity index (χ0) is 10.7. The van der Waals surface area contributed by atoms with Crippen molar-refractivity contribution in [2.24, 2.45) is 0 Å². The molecule has 0 saturated heterocycles. The highest BCUT2D eigenvalue weighted by Gasteiger charge is 2.14. The highest BCUT2D eigenvalue weighted by atomic mass is 32.2. The van der Waals surface area contributed by atoms with Crippen molar-refractivity contribution < 1.29 is 5.11 Å². The summed E-state index contributed by atoms with van der Waals surface area (Å²) in [5.41, 5.74) is 3.64. The third-order valence-electron chi connectivity index (χ3n) is 2.66. The number of aryl methyl sites for hydroxylation is 2. The van der Waals surface area contributed by atoms with Crippen LogP contribution in [0.1, 0.15) is 22.8 Å². The highest BCUT2D eigenvalue weighted by Crippen LogP contribution is 2.20. The summed E-state index contributed by atoms with van der Waals surface area (Å²) in [4.78, 5) is 8.98. The average molecular weight is 224 g/mol. The lowest BCUT2D eigenvalue weighted by atomic mass is 10.1. The minimum atomic E-state index is 0.132. The van der Waals surface area contributed by atoms with Gasteiger partial charge in [0.1, 0.15) is 5.82 Å². The van der Waals surface area contributed by atoms with E-state index in [2.05, 4.69) is 16.9 Å². The number of aromatic nitrogens is 2. The van der Waals surface area contributed by atoms with E-state index in [1.807, 2.05) is 11.8 Å². The van der Waals surface area contributed by atoms with Gasteiger partial charge in [0.05, 0.1) is 6.61 Å². The molecule has 1 aliphatic heterocycles. The molecule has 1 aromatic rings. The van der Waals surface area contributed by atoms with Crippen molar-refractivity contribution in [2.45, 2.75) is 26.2 Å². The molecule has 2 heterocycles. The second-order valence-corrected chi connectivity index (χ2v) is 4.96. The number of thioether (sulfide) groups is 1. The monoisotopic (exact) mass is 224 g/mol. The molecule has 0 unspecified atom stereocenters. The van der Waals surface area contributed by atoms with Crippen LogP contribution >= 0.6 is 11.8 Å². The summed E-state index contributed by atoms with van der Waals surface area (Å²) in [5.74, 6) is 3.12. The second kappa shape index (κ2) is 4.94. The van der Waals surface area contributed by atoms with Crippen LogP contribution in [0.2, 0.25) is 0 Å². The summed E-state index contributed by atoms with van der Waals surface area (Å²) in [5, 5.41) is 8.89. The van der Waals surface area contributed by atoms with Crippen molar-refractivity contribution in [1.29, 1.82) is 0 Å². The fourth-order valence-corrected chi connectivity index (χ4v) is 2.80. The van der Waals surface area contributed by atoms with E-state index < -0.39 is 0 Å². The van der Waals surface area contributed by atoms with E-state index in [1.165, 1.54) is 17.0 Å². The number of nitrogens with zero attached hydrogens (tertiary/aromatic N) is 2. The van der Waals surface area contributed by atoms with Gasteiger partial charge in [-0.3, -0.25) is 0 Å². The largest absolute Gasteiger partial charge is 0.396 e. The molecule has 82 valence electrons. The molecule has 0 radical (unpaired) electrons. The maximum absolute atomic E-state index is 8.89. The van der Waals surface area contributed by atoms with Gasteiger partial charge in [0.15, 0.2) is 0 Å². The molecular weight excluding hydrogens is 208 g/mol. The van der Waals surface area contributed by atoms with Crippen molar-refractivity contribution in [1.82, 2.24) is 9.97 Å². The Bertz CT molecular complexity index is 355. The molecule has 0 aromatic carbocycles. The van der Waals surface area contributed by atoms with Crippen LogP contribution in [0.4, 0.5) is 0 Å². The normalized spacial score (nSPS) is 15.9. The van der Waals surface area contributed by atoms with E-state index in [0.717, 1.165) is 30.1 Å². The SMILES string of the molecule is Cc1nc(CCO)nc2c1CCSCC2. The Balaban J connectivity index is 2.35. The van der Waals surface area contributed by atoms with Crippen molar-refractivity contribution in [3.8, 4) is 0 Å². The lowest BCUT2D eigenvalue weighted by molar-refractivity contribution is 0.296.